The van der Waals surface area contributed by atoms with Crippen LogP contribution < -0.4 is 5.32 Å². The second kappa shape index (κ2) is 5.79. The van der Waals surface area contributed by atoms with E-state index in [-0.39, 0.29) is 5.91 Å². The highest BCUT2D eigenvalue weighted by molar-refractivity contribution is 9.10. The monoisotopic (exact) mass is 365 g/mol. The Hall–Kier alpha value is -1.36. The molecule has 1 atom stereocenters. The molecule has 0 bridgehead atoms. The zero-order chi connectivity index (χ0) is 15.0. The van der Waals surface area contributed by atoms with Crippen LogP contribution in [0, 0.1) is 0 Å². The van der Waals surface area contributed by atoms with Crippen molar-refractivity contribution in [2.75, 3.05) is 5.32 Å². The third-order valence-corrected chi connectivity index (χ3v) is 4.43. The molecule has 3 rings (SSSR count). The van der Waals surface area contributed by atoms with E-state index >= 15 is 0 Å². The minimum absolute atomic E-state index is 0.0332. The maximum absolute atomic E-state index is 11.4. The first-order chi connectivity index (χ1) is 10.0. The van der Waals surface area contributed by atoms with Gasteiger partial charge in [-0.3, -0.25) is 4.79 Å². The Kier molecular flexibility index (Phi) is 4.02. The van der Waals surface area contributed by atoms with Gasteiger partial charge in [0.15, 0.2) is 0 Å². The third kappa shape index (κ3) is 2.98. The van der Waals surface area contributed by atoms with Gasteiger partial charge >= 0.3 is 0 Å². The van der Waals surface area contributed by atoms with Gasteiger partial charge in [-0.15, -0.1) is 0 Å². The maximum atomic E-state index is 11.4. The fourth-order valence-corrected chi connectivity index (χ4v) is 3.08. The van der Waals surface area contributed by atoms with Gasteiger partial charge < -0.3 is 10.4 Å². The summed E-state index contributed by atoms with van der Waals surface area (Å²) in [6.07, 6.45) is 0.371. The van der Waals surface area contributed by atoms with Crippen molar-refractivity contribution in [1.29, 1.82) is 0 Å². The molecule has 2 N–H and O–H groups in total. The Morgan fingerprint density at radius 3 is 2.81 bits per heavy atom. The van der Waals surface area contributed by atoms with Crippen LogP contribution in [0.3, 0.4) is 0 Å². The van der Waals surface area contributed by atoms with Crippen LogP contribution in [0.2, 0.25) is 5.02 Å². The fraction of sp³-hybridized carbons (Fsp3) is 0.188. The minimum Gasteiger partial charge on any atom is -0.384 e. The predicted octanol–water partition coefficient (Wildman–Crippen LogP) is 4.07. The van der Waals surface area contributed by atoms with E-state index in [1.54, 1.807) is 6.07 Å². The summed E-state index contributed by atoms with van der Waals surface area (Å²) in [6, 6.07) is 11.0. The Morgan fingerprint density at radius 1 is 1.19 bits per heavy atom. The van der Waals surface area contributed by atoms with Gasteiger partial charge in [0.05, 0.1) is 0 Å². The molecule has 5 heteroatoms. The van der Waals surface area contributed by atoms with Crippen molar-refractivity contribution in [2.45, 2.75) is 18.9 Å². The predicted molar refractivity (Wildman–Crippen MR) is 86.6 cm³/mol. The molecule has 2 aromatic rings. The van der Waals surface area contributed by atoms with Crippen molar-refractivity contribution < 1.29 is 9.90 Å². The van der Waals surface area contributed by atoms with Crippen LogP contribution in [0.15, 0.2) is 40.9 Å². The van der Waals surface area contributed by atoms with Crippen LogP contribution in [0.1, 0.15) is 29.2 Å². The molecule has 1 amide bonds. The van der Waals surface area contributed by atoms with E-state index in [1.165, 1.54) is 0 Å². The summed E-state index contributed by atoms with van der Waals surface area (Å²) in [7, 11) is 0. The number of aliphatic hydroxyl groups is 1. The molecule has 21 heavy (non-hydrogen) atoms. The number of rotatable bonds is 2. The Bertz CT molecular complexity index is 717. The summed E-state index contributed by atoms with van der Waals surface area (Å²) in [4.78, 5) is 11.4. The molecule has 2 aromatic carbocycles. The average molecular weight is 367 g/mol. The zero-order valence-corrected chi connectivity index (χ0v) is 13.4. The first-order valence-corrected chi connectivity index (χ1v) is 7.77. The van der Waals surface area contributed by atoms with Crippen LogP contribution in [0.4, 0.5) is 5.69 Å². The summed E-state index contributed by atoms with van der Waals surface area (Å²) >= 11 is 9.55. The van der Waals surface area contributed by atoms with E-state index in [2.05, 4.69) is 21.2 Å². The standard InChI is InChI=1S/C16H13BrClNO2/c17-11-3-4-13(18)12(8-11)16(21)10-1-5-14-9(7-10)2-6-15(20)19-14/h1,3-5,7-8,16,21H,2,6H2,(H,19,20). The first-order valence-electron chi connectivity index (χ1n) is 6.60. The molecular weight excluding hydrogens is 354 g/mol. The number of benzene rings is 2. The molecule has 3 nitrogen and oxygen atoms in total. The van der Waals surface area contributed by atoms with Crippen molar-refractivity contribution in [2.24, 2.45) is 0 Å². The molecule has 0 aromatic heterocycles. The summed E-state index contributed by atoms with van der Waals surface area (Å²) < 4.78 is 0.867. The summed E-state index contributed by atoms with van der Waals surface area (Å²) in [5.41, 5.74) is 3.29. The van der Waals surface area contributed by atoms with Crippen LogP contribution in [-0.4, -0.2) is 11.0 Å². The molecule has 108 valence electrons. The highest BCUT2D eigenvalue weighted by Gasteiger charge is 2.19. The van der Waals surface area contributed by atoms with Gasteiger partial charge in [0.2, 0.25) is 5.91 Å². The van der Waals surface area contributed by atoms with Gasteiger partial charge in [-0.25, -0.2) is 0 Å². The highest BCUT2D eigenvalue weighted by Crippen LogP contribution is 2.33. The van der Waals surface area contributed by atoms with Crippen LogP contribution in [0.25, 0.3) is 0 Å². The molecule has 0 radical (unpaired) electrons. The first kappa shape index (κ1) is 14.6. The lowest BCUT2D eigenvalue weighted by Crippen LogP contribution is -2.19. The molecule has 0 fully saturated rings. The lowest BCUT2D eigenvalue weighted by atomic mass is 9.95. The SMILES string of the molecule is O=C1CCc2cc(C(O)c3cc(Br)ccc3Cl)ccc2N1. The number of halogens is 2. The average Bonchev–Trinajstić information content (AvgIpc) is 2.48. The Labute approximate surface area is 136 Å². The van der Waals surface area contributed by atoms with Gasteiger partial charge in [0, 0.05) is 27.2 Å². The van der Waals surface area contributed by atoms with Gasteiger partial charge in [-0.1, -0.05) is 39.7 Å². The lowest BCUT2D eigenvalue weighted by Gasteiger charge is -2.20. The second-order valence-electron chi connectivity index (χ2n) is 5.03. The van der Waals surface area contributed by atoms with Gasteiger partial charge in [-0.2, -0.15) is 0 Å². The van der Waals surface area contributed by atoms with Crippen molar-refractivity contribution in [3.8, 4) is 0 Å². The minimum atomic E-state index is -0.794. The topological polar surface area (TPSA) is 49.3 Å². The zero-order valence-electron chi connectivity index (χ0n) is 11.1. The lowest BCUT2D eigenvalue weighted by molar-refractivity contribution is -0.116. The third-order valence-electron chi connectivity index (χ3n) is 3.59. The maximum Gasteiger partial charge on any atom is 0.224 e. The Balaban J connectivity index is 1.97. The molecule has 0 spiro atoms. The van der Waals surface area contributed by atoms with Crippen molar-refractivity contribution in [3.63, 3.8) is 0 Å². The Morgan fingerprint density at radius 2 is 2.00 bits per heavy atom. The smallest absolute Gasteiger partial charge is 0.224 e. The number of carbonyl (C=O) groups excluding carboxylic acids is 1. The van der Waals surface area contributed by atoms with Crippen molar-refractivity contribution in [1.82, 2.24) is 0 Å². The van der Waals surface area contributed by atoms with Gasteiger partial charge in [-0.05, 0) is 41.8 Å². The largest absolute Gasteiger partial charge is 0.384 e. The normalized spacial score (nSPS) is 15.3. The number of hydrogen-bond donors (Lipinski definition) is 2. The van der Waals surface area contributed by atoms with Gasteiger partial charge in [0.25, 0.3) is 0 Å². The number of anilines is 1. The van der Waals surface area contributed by atoms with Crippen LogP contribution in [-0.2, 0) is 11.2 Å². The number of nitrogens with one attached hydrogen (secondary N) is 1. The van der Waals surface area contributed by atoms with Crippen LogP contribution >= 0.6 is 27.5 Å². The molecule has 1 aliphatic rings. The van der Waals surface area contributed by atoms with E-state index in [0.717, 1.165) is 21.3 Å². The number of carbonyl (C=O) groups is 1. The molecule has 0 saturated carbocycles. The van der Waals surface area contributed by atoms with Crippen LogP contribution in [0.5, 0.6) is 0 Å². The van der Waals surface area contributed by atoms with E-state index in [0.29, 0.717) is 23.4 Å². The molecular formula is C16H13BrClNO2. The number of aryl methyl sites for hydroxylation is 1. The molecule has 1 aliphatic heterocycles. The highest BCUT2D eigenvalue weighted by atomic mass is 79.9. The number of hydrogen-bond acceptors (Lipinski definition) is 2. The van der Waals surface area contributed by atoms with Crippen molar-refractivity contribution >= 4 is 39.1 Å². The number of aliphatic hydroxyl groups excluding tert-OH is 1. The summed E-state index contributed by atoms with van der Waals surface area (Å²) in [6.45, 7) is 0. The van der Waals surface area contributed by atoms with Crippen molar-refractivity contribution in [3.05, 3.63) is 62.6 Å². The van der Waals surface area contributed by atoms with E-state index in [1.807, 2.05) is 30.3 Å². The van der Waals surface area contributed by atoms with Gasteiger partial charge in [0.1, 0.15) is 6.10 Å². The summed E-state index contributed by atoms with van der Waals surface area (Å²) in [5.74, 6) is 0.0332. The number of amides is 1. The molecule has 0 aliphatic carbocycles. The molecule has 0 saturated heterocycles. The number of fused-ring (bicyclic) bond motifs is 1. The van der Waals surface area contributed by atoms with E-state index in [4.69, 9.17) is 11.6 Å². The second-order valence-corrected chi connectivity index (χ2v) is 6.36. The molecule has 1 heterocycles. The van der Waals surface area contributed by atoms with E-state index in [9.17, 15) is 9.90 Å². The van der Waals surface area contributed by atoms with E-state index < -0.39 is 6.10 Å². The summed E-state index contributed by atoms with van der Waals surface area (Å²) in [5, 5.41) is 13.9. The fourth-order valence-electron chi connectivity index (χ4n) is 2.48. The molecule has 1 unspecified atom stereocenters. The quantitative estimate of drug-likeness (QED) is 0.842.